The summed E-state index contributed by atoms with van der Waals surface area (Å²) in [6, 6.07) is 12.4. The van der Waals surface area contributed by atoms with Crippen LogP contribution < -0.4 is 5.32 Å². The molecule has 0 saturated carbocycles. The summed E-state index contributed by atoms with van der Waals surface area (Å²) in [4.78, 5) is 45.0. The van der Waals surface area contributed by atoms with E-state index in [0.717, 1.165) is 80.7 Å². The van der Waals surface area contributed by atoms with Crippen LogP contribution in [0.3, 0.4) is 0 Å². The van der Waals surface area contributed by atoms with Gasteiger partial charge in [-0.25, -0.2) is 9.59 Å². The Morgan fingerprint density at radius 2 is 1.46 bits per heavy atom. The SMILES string of the molecule is COC(=O)N1CCC(N2CCc3ccccc3NC2=O)CC1.Cc1cc(C[C@@H](C)C(=O)N2CCC(N3CCN(S(=O)(=O)N(C)C)CC3)CC2)cc(C)c1O. The fourth-order valence-electron chi connectivity index (χ4n) is 8.13. The number of carbonyl (C=O) groups excluding carboxylic acids is 3. The van der Waals surface area contributed by atoms with Crippen LogP contribution in [0.1, 0.15) is 54.9 Å². The van der Waals surface area contributed by atoms with E-state index in [-0.39, 0.29) is 30.0 Å². The zero-order chi connectivity index (χ0) is 39.2. The lowest BCUT2D eigenvalue weighted by Crippen LogP contribution is -2.56. The Morgan fingerprint density at radius 1 is 0.889 bits per heavy atom. The van der Waals surface area contributed by atoms with Crippen LogP contribution in [-0.4, -0.2) is 152 Å². The molecule has 0 radical (unpaired) electrons. The fourth-order valence-corrected chi connectivity index (χ4v) is 9.21. The number of hydrogen-bond acceptors (Lipinski definition) is 8. The molecule has 0 unspecified atom stereocenters. The molecule has 4 aliphatic rings. The minimum atomic E-state index is -3.34. The number of para-hydroxylation sites is 1. The maximum atomic E-state index is 13.0. The number of carbonyl (C=O) groups is 3. The van der Waals surface area contributed by atoms with Gasteiger partial charge in [-0.3, -0.25) is 9.69 Å². The van der Waals surface area contributed by atoms with Gasteiger partial charge in [0.15, 0.2) is 0 Å². The Kier molecular flexibility index (Phi) is 13.9. The van der Waals surface area contributed by atoms with E-state index in [1.807, 2.05) is 60.9 Å². The fraction of sp³-hybridized carbons (Fsp3) is 0.615. The number of methoxy groups -OCH3 is 1. The number of aromatic hydroxyl groups is 1. The molecule has 0 aromatic heterocycles. The lowest BCUT2D eigenvalue weighted by atomic mass is 9.95. The maximum absolute atomic E-state index is 13.0. The van der Waals surface area contributed by atoms with Gasteiger partial charge in [0.05, 0.1) is 7.11 Å². The molecule has 0 bridgehead atoms. The summed E-state index contributed by atoms with van der Waals surface area (Å²) in [5.41, 5.74) is 4.85. The van der Waals surface area contributed by atoms with Crippen molar-refractivity contribution in [3.05, 3.63) is 58.7 Å². The minimum Gasteiger partial charge on any atom is -0.507 e. The highest BCUT2D eigenvalue weighted by Crippen LogP contribution is 2.27. The van der Waals surface area contributed by atoms with Crippen LogP contribution in [0.2, 0.25) is 0 Å². The van der Waals surface area contributed by atoms with Crippen LogP contribution in [0, 0.1) is 19.8 Å². The number of anilines is 1. The Hall–Kier alpha value is -3.92. The molecule has 4 heterocycles. The number of nitrogens with one attached hydrogen (secondary N) is 1. The van der Waals surface area contributed by atoms with E-state index < -0.39 is 10.2 Å². The molecular formula is C39H59N7O7S. The Morgan fingerprint density at radius 3 is 2.06 bits per heavy atom. The standard InChI is InChI=1S/C23H38N4O4S.C16H21N3O3/c1-17-14-20(15-18(2)22(17)28)16-19(3)23(29)26-8-6-21(7-9-26)25-10-12-27(13-11-25)32(30,31)24(4)5;1-22-16(21)18-9-7-13(8-10-18)19-11-6-12-4-2-3-5-14(12)17-15(19)20/h14-15,19,21,28H,6-13,16H2,1-5H3;2-5,13H,6-11H2,1H3,(H,17,20)/t19-;/m1./s1. The Bertz CT molecular complexity index is 1710. The van der Waals surface area contributed by atoms with Crippen molar-refractivity contribution in [3.8, 4) is 5.75 Å². The van der Waals surface area contributed by atoms with Gasteiger partial charge in [-0.1, -0.05) is 37.3 Å². The number of ether oxygens (including phenoxy) is 1. The molecule has 3 saturated heterocycles. The van der Waals surface area contributed by atoms with Gasteiger partial charge in [-0.2, -0.15) is 17.0 Å². The van der Waals surface area contributed by atoms with Crippen molar-refractivity contribution < 1.29 is 32.6 Å². The van der Waals surface area contributed by atoms with Gasteiger partial charge in [0, 0.05) is 96.7 Å². The largest absolute Gasteiger partial charge is 0.507 e. The first-order chi connectivity index (χ1) is 25.7. The molecule has 1 atom stereocenters. The summed E-state index contributed by atoms with van der Waals surface area (Å²) in [7, 11) is 1.19. The number of amides is 4. The van der Waals surface area contributed by atoms with Gasteiger partial charge < -0.3 is 29.9 Å². The maximum Gasteiger partial charge on any atom is 0.409 e. The number of piperazine rings is 1. The number of phenols is 1. The van der Waals surface area contributed by atoms with Crippen molar-refractivity contribution in [2.45, 2.75) is 71.4 Å². The molecule has 2 aromatic carbocycles. The molecular weight excluding hydrogens is 711 g/mol. The Labute approximate surface area is 321 Å². The van der Waals surface area contributed by atoms with Crippen molar-refractivity contribution in [1.29, 1.82) is 0 Å². The molecule has 6 rings (SSSR count). The van der Waals surface area contributed by atoms with E-state index in [4.69, 9.17) is 4.74 Å². The lowest BCUT2D eigenvalue weighted by Gasteiger charge is -2.43. The second kappa shape index (κ2) is 18.1. The summed E-state index contributed by atoms with van der Waals surface area (Å²) in [6.45, 7) is 11.7. The predicted molar refractivity (Wildman–Crippen MR) is 209 cm³/mol. The highest BCUT2D eigenvalue weighted by Gasteiger charge is 2.34. The van der Waals surface area contributed by atoms with Crippen molar-refractivity contribution in [1.82, 2.24) is 28.2 Å². The summed E-state index contributed by atoms with van der Waals surface area (Å²) in [5, 5.41) is 13.0. The van der Waals surface area contributed by atoms with Gasteiger partial charge in [0.2, 0.25) is 5.91 Å². The second-order valence-electron chi connectivity index (χ2n) is 15.2. The number of nitrogens with zero attached hydrogens (tertiary/aromatic N) is 6. The number of fused-ring (bicyclic) bond motifs is 1. The van der Waals surface area contributed by atoms with Crippen molar-refractivity contribution in [2.75, 3.05) is 85.4 Å². The summed E-state index contributed by atoms with van der Waals surface area (Å²) >= 11 is 0. The number of piperidine rings is 2. The quantitative estimate of drug-likeness (QED) is 0.432. The lowest BCUT2D eigenvalue weighted by molar-refractivity contribution is -0.136. The van der Waals surface area contributed by atoms with Gasteiger partial charge in [0.25, 0.3) is 10.2 Å². The molecule has 4 amide bonds. The van der Waals surface area contributed by atoms with Gasteiger partial charge in [0.1, 0.15) is 5.75 Å². The van der Waals surface area contributed by atoms with Gasteiger partial charge in [-0.05, 0) is 80.7 Å². The molecule has 2 aromatic rings. The third-order valence-electron chi connectivity index (χ3n) is 11.3. The summed E-state index contributed by atoms with van der Waals surface area (Å²) < 4.78 is 32.2. The van der Waals surface area contributed by atoms with Crippen LogP contribution in [0.5, 0.6) is 5.75 Å². The van der Waals surface area contributed by atoms with Gasteiger partial charge in [-0.15, -0.1) is 0 Å². The van der Waals surface area contributed by atoms with Crippen LogP contribution in [0.25, 0.3) is 0 Å². The topological polar surface area (TPSA) is 146 Å². The monoisotopic (exact) mass is 769 g/mol. The number of hydrogen-bond donors (Lipinski definition) is 2. The molecule has 0 spiro atoms. The summed E-state index contributed by atoms with van der Waals surface area (Å²) in [6.07, 6.45) is 4.67. The molecule has 54 heavy (non-hydrogen) atoms. The first-order valence-electron chi connectivity index (χ1n) is 19.2. The van der Waals surface area contributed by atoms with Gasteiger partial charge >= 0.3 is 12.1 Å². The van der Waals surface area contributed by atoms with Crippen LogP contribution in [0.4, 0.5) is 15.3 Å². The van der Waals surface area contributed by atoms with E-state index >= 15 is 0 Å². The molecule has 298 valence electrons. The second-order valence-corrected chi connectivity index (χ2v) is 17.3. The van der Waals surface area contributed by atoms with Crippen molar-refractivity contribution in [3.63, 3.8) is 0 Å². The highest BCUT2D eigenvalue weighted by molar-refractivity contribution is 7.86. The minimum absolute atomic E-state index is 0.0403. The number of urea groups is 1. The molecule has 4 aliphatic heterocycles. The average molecular weight is 770 g/mol. The van der Waals surface area contributed by atoms with E-state index in [1.54, 1.807) is 23.3 Å². The molecule has 3 fully saturated rings. The number of benzene rings is 2. The number of rotatable bonds is 7. The van der Waals surface area contributed by atoms with Crippen LogP contribution in [-0.2, 0) is 32.6 Å². The predicted octanol–water partition coefficient (Wildman–Crippen LogP) is 3.91. The van der Waals surface area contributed by atoms with Crippen molar-refractivity contribution in [2.24, 2.45) is 5.92 Å². The number of aryl methyl sites for hydroxylation is 2. The third-order valence-corrected chi connectivity index (χ3v) is 13.3. The molecule has 0 aliphatic carbocycles. The number of likely N-dealkylation sites (tertiary alicyclic amines) is 2. The first-order valence-corrected chi connectivity index (χ1v) is 20.6. The van der Waals surface area contributed by atoms with Crippen LogP contribution in [0.15, 0.2) is 36.4 Å². The Balaban J connectivity index is 0.000000222. The van der Waals surface area contributed by atoms with E-state index in [0.29, 0.717) is 50.9 Å². The molecule has 2 N–H and O–H groups in total. The summed E-state index contributed by atoms with van der Waals surface area (Å²) in [5.74, 6) is 0.415. The third kappa shape index (κ3) is 9.84. The zero-order valence-electron chi connectivity index (χ0n) is 32.8. The smallest absolute Gasteiger partial charge is 0.409 e. The first kappa shape index (κ1) is 41.2. The normalized spacial score (nSPS) is 20.1. The van der Waals surface area contributed by atoms with E-state index in [2.05, 4.69) is 16.3 Å². The van der Waals surface area contributed by atoms with E-state index in [1.165, 1.54) is 17.0 Å². The average Bonchev–Trinajstić information content (AvgIpc) is 3.34. The molecule has 14 nitrogen and oxygen atoms in total. The highest BCUT2D eigenvalue weighted by atomic mass is 32.2. The van der Waals surface area contributed by atoms with E-state index in [9.17, 15) is 27.9 Å². The van der Waals surface area contributed by atoms with Crippen molar-refractivity contribution >= 4 is 33.9 Å². The molecule has 15 heteroatoms. The number of phenolic OH excluding ortho intramolecular Hbond substituents is 1. The van der Waals surface area contributed by atoms with Crippen LogP contribution >= 0.6 is 0 Å². The zero-order valence-corrected chi connectivity index (χ0v) is 33.6.